The number of benzene rings is 1. The van der Waals surface area contributed by atoms with Crippen LogP contribution in [0.15, 0.2) is 24.3 Å². The van der Waals surface area contributed by atoms with Crippen molar-refractivity contribution in [1.29, 1.82) is 0 Å². The molecule has 0 spiro atoms. The number of nitrogens with one attached hydrogen (secondary N) is 1. The van der Waals surface area contributed by atoms with Crippen LogP contribution >= 0.6 is 0 Å². The summed E-state index contributed by atoms with van der Waals surface area (Å²) < 4.78 is 74.3. The van der Waals surface area contributed by atoms with Crippen molar-refractivity contribution < 1.29 is 46.1 Å². The zero-order valence-electron chi connectivity index (χ0n) is 21.7. The van der Waals surface area contributed by atoms with Crippen molar-refractivity contribution in [3.05, 3.63) is 29.8 Å². The van der Waals surface area contributed by atoms with Crippen molar-refractivity contribution in [2.45, 2.75) is 71.6 Å². The van der Waals surface area contributed by atoms with Gasteiger partial charge in [0.1, 0.15) is 12.4 Å². The number of alkyl halides is 5. The highest BCUT2D eigenvalue weighted by Crippen LogP contribution is 2.39. The second-order valence-electron chi connectivity index (χ2n) is 9.84. The lowest BCUT2D eigenvalue weighted by Crippen LogP contribution is -2.45. The van der Waals surface area contributed by atoms with Gasteiger partial charge in [-0.05, 0) is 42.9 Å². The van der Waals surface area contributed by atoms with E-state index in [9.17, 15) is 36.6 Å². The Balaban J connectivity index is 2.67. The highest BCUT2D eigenvalue weighted by molar-refractivity contribution is 5.74. The molecule has 212 valence electrons. The predicted molar refractivity (Wildman–Crippen MR) is 128 cm³/mol. The smallest absolute Gasteiger partial charge is 0.453 e. The third-order valence-corrected chi connectivity index (χ3v) is 5.26. The average molecular weight is 541 g/mol. The van der Waals surface area contributed by atoms with Crippen LogP contribution in [0.1, 0.15) is 52.5 Å². The molecular weight excluding hydrogens is 503 g/mol. The first-order valence-electron chi connectivity index (χ1n) is 12.1. The second kappa shape index (κ2) is 14.3. The maximum absolute atomic E-state index is 13.2. The summed E-state index contributed by atoms with van der Waals surface area (Å²) in [6.45, 7) is 8.18. The summed E-state index contributed by atoms with van der Waals surface area (Å²) in [6, 6.07) is 6.21. The normalized spacial score (nSPS) is 13.2. The number of carboxylic acids is 1. The fourth-order valence-electron chi connectivity index (χ4n) is 3.19. The molecule has 0 aliphatic heterocycles. The van der Waals surface area contributed by atoms with Crippen LogP contribution in [0.4, 0.5) is 26.7 Å². The van der Waals surface area contributed by atoms with Gasteiger partial charge in [-0.1, -0.05) is 32.9 Å². The molecule has 0 fully saturated rings. The monoisotopic (exact) mass is 540 g/mol. The number of carbonyl (C=O) groups is 2. The maximum atomic E-state index is 13.2. The highest BCUT2D eigenvalue weighted by Gasteiger charge is 2.56. The van der Waals surface area contributed by atoms with Gasteiger partial charge in [-0.25, -0.2) is 9.59 Å². The van der Waals surface area contributed by atoms with Crippen LogP contribution in [0.3, 0.4) is 0 Å². The summed E-state index contributed by atoms with van der Waals surface area (Å²) in [5, 5.41) is 11.9. The molecule has 0 aromatic heterocycles. The van der Waals surface area contributed by atoms with Crippen LogP contribution in [0.25, 0.3) is 0 Å². The summed E-state index contributed by atoms with van der Waals surface area (Å²) in [4.78, 5) is 25.2. The van der Waals surface area contributed by atoms with Crippen LogP contribution < -0.4 is 10.1 Å². The van der Waals surface area contributed by atoms with E-state index in [1.165, 1.54) is 4.90 Å². The fraction of sp³-hybridized carbons (Fsp3) is 0.680. The van der Waals surface area contributed by atoms with Crippen molar-refractivity contribution >= 4 is 12.0 Å². The molecule has 1 unspecified atom stereocenters. The number of carboxylic acid groups (broad SMARTS) is 1. The molecule has 0 saturated carbocycles. The van der Waals surface area contributed by atoms with Crippen LogP contribution in [-0.4, -0.2) is 73.1 Å². The molecule has 0 heterocycles. The van der Waals surface area contributed by atoms with Gasteiger partial charge in [-0.3, -0.25) is 0 Å². The summed E-state index contributed by atoms with van der Waals surface area (Å²) in [5.41, 5.74) is 0.517. The van der Waals surface area contributed by atoms with Crippen molar-refractivity contribution in [3.8, 4) is 5.75 Å². The van der Waals surface area contributed by atoms with E-state index >= 15 is 0 Å². The van der Waals surface area contributed by atoms with Gasteiger partial charge < -0.3 is 24.8 Å². The maximum Gasteiger partial charge on any atom is 0.453 e. The summed E-state index contributed by atoms with van der Waals surface area (Å²) in [6.07, 6.45) is -8.17. The molecule has 1 aromatic carbocycles. The Kier molecular flexibility index (Phi) is 12.6. The molecular formula is C25H37F5N2O5. The van der Waals surface area contributed by atoms with Gasteiger partial charge in [0.25, 0.3) is 0 Å². The highest BCUT2D eigenvalue weighted by atomic mass is 19.4. The number of hydrogen-bond acceptors (Lipinski definition) is 4. The molecule has 2 amide bonds. The Morgan fingerprint density at radius 1 is 1.03 bits per heavy atom. The van der Waals surface area contributed by atoms with E-state index in [0.717, 1.165) is 5.56 Å². The lowest BCUT2D eigenvalue weighted by molar-refractivity contribution is -0.284. The van der Waals surface area contributed by atoms with Crippen molar-refractivity contribution in [1.82, 2.24) is 10.2 Å². The molecule has 0 aliphatic rings. The van der Waals surface area contributed by atoms with Gasteiger partial charge >= 0.3 is 24.1 Å². The van der Waals surface area contributed by atoms with E-state index in [1.54, 1.807) is 31.2 Å². The zero-order valence-corrected chi connectivity index (χ0v) is 21.7. The summed E-state index contributed by atoms with van der Waals surface area (Å²) in [5.74, 6) is -5.37. The molecule has 37 heavy (non-hydrogen) atoms. The standard InChI is InChI=1S/C25H37F5N2O5/c1-5-36-20(21(33)34)16-18-8-10-19(11-9-18)37-15-14-32(22(35)31-17-23(2,3)4)13-7-6-12-24(26,27)25(28,29)30/h8-11,20H,5-7,12-17H2,1-4H3,(H,31,35)(H,33,34). The number of rotatable bonds is 15. The first kappa shape index (κ1) is 32.4. The number of urea groups is 1. The molecule has 7 nitrogen and oxygen atoms in total. The second-order valence-corrected chi connectivity index (χ2v) is 9.84. The van der Waals surface area contributed by atoms with E-state index < -0.39 is 43.0 Å². The molecule has 0 aliphatic carbocycles. The minimum absolute atomic E-state index is 0.0137. The SMILES string of the molecule is CCOC(Cc1ccc(OCCN(CCCCC(F)(F)C(F)(F)F)C(=O)NCC(C)(C)C)cc1)C(=O)O. The molecule has 1 rings (SSSR count). The Morgan fingerprint density at radius 2 is 1.65 bits per heavy atom. The van der Waals surface area contributed by atoms with Crippen LogP contribution in [0.5, 0.6) is 5.75 Å². The van der Waals surface area contributed by atoms with Gasteiger partial charge in [0.05, 0.1) is 6.54 Å². The Labute approximate surface area is 214 Å². The van der Waals surface area contributed by atoms with Gasteiger partial charge in [0.15, 0.2) is 6.10 Å². The third kappa shape index (κ3) is 12.4. The molecule has 1 aromatic rings. The number of hydrogen-bond donors (Lipinski definition) is 2. The Bertz CT molecular complexity index is 841. The largest absolute Gasteiger partial charge is 0.492 e. The summed E-state index contributed by atoms with van der Waals surface area (Å²) in [7, 11) is 0. The number of amides is 2. The number of nitrogens with zero attached hydrogens (tertiary/aromatic N) is 1. The van der Waals surface area contributed by atoms with Crippen LogP contribution in [0.2, 0.25) is 0 Å². The number of carbonyl (C=O) groups excluding carboxylic acids is 1. The van der Waals surface area contributed by atoms with E-state index in [4.69, 9.17) is 9.47 Å². The van der Waals surface area contributed by atoms with E-state index in [0.29, 0.717) is 12.3 Å². The van der Waals surface area contributed by atoms with Crippen molar-refractivity contribution in [3.63, 3.8) is 0 Å². The number of ether oxygens (including phenoxy) is 2. The van der Waals surface area contributed by atoms with Gasteiger partial charge in [-0.2, -0.15) is 22.0 Å². The predicted octanol–water partition coefficient (Wildman–Crippen LogP) is 5.52. The van der Waals surface area contributed by atoms with E-state index in [1.807, 2.05) is 20.8 Å². The molecule has 0 radical (unpaired) electrons. The number of unbranched alkanes of at least 4 members (excludes halogenated alkanes) is 1. The third-order valence-electron chi connectivity index (χ3n) is 5.26. The topological polar surface area (TPSA) is 88.1 Å². The lowest BCUT2D eigenvalue weighted by Gasteiger charge is -2.26. The Hall–Kier alpha value is -2.63. The van der Waals surface area contributed by atoms with Crippen LogP contribution in [-0.2, 0) is 16.0 Å². The molecule has 1 atom stereocenters. The zero-order chi connectivity index (χ0) is 28.3. The molecule has 0 saturated heterocycles. The van der Waals surface area contributed by atoms with Gasteiger partial charge in [0.2, 0.25) is 0 Å². The lowest BCUT2D eigenvalue weighted by atomic mass is 9.97. The minimum atomic E-state index is -5.60. The molecule has 2 N–H and O–H groups in total. The first-order chi connectivity index (χ1) is 17.1. The Morgan fingerprint density at radius 3 is 2.16 bits per heavy atom. The van der Waals surface area contributed by atoms with E-state index in [-0.39, 0.29) is 44.6 Å². The van der Waals surface area contributed by atoms with E-state index in [2.05, 4.69) is 5.32 Å². The average Bonchev–Trinajstić information content (AvgIpc) is 2.78. The van der Waals surface area contributed by atoms with Gasteiger partial charge in [-0.15, -0.1) is 0 Å². The fourth-order valence-corrected chi connectivity index (χ4v) is 3.19. The van der Waals surface area contributed by atoms with Crippen LogP contribution in [0, 0.1) is 5.41 Å². The van der Waals surface area contributed by atoms with Crippen molar-refractivity contribution in [2.24, 2.45) is 5.41 Å². The van der Waals surface area contributed by atoms with Gasteiger partial charge in [0, 0.05) is 32.5 Å². The minimum Gasteiger partial charge on any atom is -0.492 e. The number of halogens is 5. The molecule has 0 bridgehead atoms. The summed E-state index contributed by atoms with van der Waals surface area (Å²) >= 11 is 0. The number of aliphatic carboxylic acids is 1. The molecule has 12 heteroatoms. The first-order valence-corrected chi connectivity index (χ1v) is 12.1. The quantitative estimate of drug-likeness (QED) is 0.226. The van der Waals surface area contributed by atoms with Crippen molar-refractivity contribution in [2.75, 3.05) is 32.8 Å².